The maximum absolute atomic E-state index is 4.44. The van der Waals surface area contributed by atoms with E-state index in [-0.39, 0.29) is 0 Å². The Morgan fingerprint density at radius 2 is 2.08 bits per heavy atom. The predicted octanol–water partition coefficient (Wildman–Crippen LogP) is 3.48. The molecule has 1 fully saturated rings. The van der Waals surface area contributed by atoms with Crippen LogP contribution in [0.25, 0.3) is 0 Å². The second kappa shape index (κ2) is 4.80. The lowest BCUT2D eigenvalue weighted by Crippen LogP contribution is -2.34. The standard InChI is InChI=1S/C10H20S2/c1-9(2)6-12-8-10(7-11)4-3-5-10/h9,11H,3-8H2,1-2H3. The Bertz CT molecular complexity index is 122. The summed E-state index contributed by atoms with van der Waals surface area (Å²) in [5.41, 5.74) is 0.628. The minimum atomic E-state index is 0.628. The number of thioether (sulfide) groups is 1. The second-order valence-corrected chi connectivity index (χ2v) is 5.77. The highest BCUT2D eigenvalue weighted by Crippen LogP contribution is 2.44. The summed E-state index contributed by atoms with van der Waals surface area (Å²) in [6.45, 7) is 4.59. The molecular formula is C10H20S2. The summed E-state index contributed by atoms with van der Waals surface area (Å²) in [6.07, 6.45) is 4.27. The molecule has 0 spiro atoms. The first-order chi connectivity index (χ1) is 5.68. The topological polar surface area (TPSA) is 0 Å². The molecule has 72 valence electrons. The fourth-order valence-electron chi connectivity index (χ4n) is 1.54. The molecule has 1 aliphatic carbocycles. The second-order valence-electron chi connectivity index (χ2n) is 4.42. The van der Waals surface area contributed by atoms with Crippen molar-refractivity contribution in [3.63, 3.8) is 0 Å². The van der Waals surface area contributed by atoms with Gasteiger partial charge < -0.3 is 0 Å². The van der Waals surface area contributed by atoms with Gasteiger partial charge in [-0.3, -0.25) is 0 Å². The average molecular weight is 204 g/mol. The highest BCUT2D eigenvalue weighted by atomic mass is 32.2. The van der Waals surface area contributed by atoms with Gasteiger partial charge in [-0.15, -0.1) is 0 Å². The summed E-state index contributed by atoms with van der Waals surface area (Å²) < 4.78 is 0. The summed E-state index contributed by atoms with van der Waals surface area (Å²) in [6, 6.07) is 0. The van der Waals surface area contributed by atoms with Crippen LogP contribution in [0.5, 0.6) is 0 Å². The SMILES string of the molecule is CC(C)CSCC1(CS)CCC1. The first kappa shape index (κ1) is 10.8. The molecule has 0 N–H and O–H groups in total. The number of hydrogen-bond donors (Lipinski definition) is 1. The summed E-state index contributed by atoms with van der Waals surface area (Å²) >= 11 is 6.56. The maximum atomic E-state index is 4.44. The molecule has 0 amide bonds. The van der Waals surface area contributed by atoms with E-state index in [2.05, 4.69) is 38.2 Å². The van der Waals surface area contributed by atoms with Gasteiger partial charge in [-0.1, -0.05) is 20.3 Å². The van der Waals surface area contributed by atoms with Crippen LogP contribution < -0.4 is 0 Å². The van der Waals surface area contributed by atoms with Crippen molar-refractivity contribution in [1.82, 2.24) is 0 Å². The lowest BCUT2D eigenvalue weighted by Gasteiger charge is -2.40. The van der Waals surface area contributed by atoms with Gasteiger partial charge in [0.1, 0.15) is 0 Å². The van der Waals surface area contributed by atoms with Crippen molar-refractivity contribution >= 4 is 24.4 Å². The summed E-state index contributed by atoms with van der Waals surface area (Å²) in [5.74, 6) is 4.59. The van der Waals surface area contributed by atoms with Crippen molar-refractivity contribution in [3.8, 4) is 0 Å². The molecule has 0 bridgehead atoms. The normalized spacial score (nSPS) is 21.0. The summed E-state index contributed by atoms with van der Waals surface area (Å²) in [4.78, 5) is 0. The van der Waals surface area contributed by atoms with E-state index in [1.165, 1.54) is 30.8 Å². The predicted molar refractivity (Wildman–Crippen MR) is 62.3 cm³/mol. The Labute approximate surface area is 86.3 Å². The molecule has 1 saturated carbocycles. The number of rotatable bonds is 5. The van der Waals surface area contributed by atoms with Crippen LogP contribution in [0.4, 0.5) is 0 Å². The van der Waals surface area contributed by atoms with Gasteiger partial charge >= 0.3 is 0 Å². The first-order valence-electron chi connectivity index (χ1n) is 4.87. The molecule has 0 aromatic heterocycles. The molecule has 0 heterocycles. The van der Waals surface area contributed by atoms with E-state index in [4.69, 9.17) is 0 Å². The average Bonchev–Trinajstić information content (AvgIpc) is 1.94. The van der Waals surface area contributed by atoms with Gasteiger partial charge in [0, 0.05) is 0 Å². The molecule has 0 aromatic carbocycles. The van der Waals surface area contributed by atoms with Crippen LogP contribution in [0, 0.1) is 11.3 Å². The van der Waals surface area contributed by atoms with Crippen molar-refractivity contribution in [2.24, 2.45) is 11.3 Å². The van der Waals surface area contributed by atoms with Crippen LogP contribution in [-0.2, 0) is 0 Å². The van der Waals surface area contributed by atoms with E-state index in [1.54, 1.807) is 0 Å². The van der Waals surface area contributed by atoms with E-state index in [0.29, 0.717) is 5.41 Å². The first-order valence-corrected chi connectivity index (χ1v) is 6.66. The van der Waals surface area contributed by atoms with Crippen LogP contribution in [0.15, 0.2) is 0 Å². The minimum Gasteiger partial charge on any atom is -0.179 e. The molecule has 0 saturated heterocycles. The molecule has 0 nitrogen and oxygen atoms in total. The Hall–Kier alpha value is 0.700. The van der Waals surface area contributed by atoms with Crippen LogP contribution in [0.1, 0.15) is 33.1 Å². The van der Waals surface area contributed by atoms with Crippen molar-refractivity contribution < 1.29 is 0 Å². The lowest BCUT2D eigenvalue weighted by molar-refractivity contribution is 0.205. The smallest absolute Gasteiger partial charge is 0.000290 e. The molecule has 0 aliphatic heterocycles. The van der Waals surface area contributed by atoms with Crippen LogP contribution in [-0.4, -0.2) is 17.3 Å². The summed E-state index contributed by atoms with van der Waals surface area (Å²) in [7, 11) is 0. The monoisotopic (exact) mass is 204 g/mol. The third-order valence-electron chi connectivity index (χ3n) is 2.61. The van der Waals surface area contributed by atoms with Gasteiger partial charge in [-0.25, -0.2) is 0 Å². The van der Waals surface area contributed by atoms with Crippen molar-refractivity contribution in [2.45, 2.75) is 33.1 Å². The maximum Gasteiger partial charge on any atom is -0.000290 e. The number of thiol groups is 1. The Balaban J connectivity index is 2.12. The zero-order valence-electron chi connectivity index (χ0n) is 8.18. The molecule has 0 radical (unpaired) electrons. The van der Waals surface area contributed by atoms with Gasteiger partial charge in [-0.2, -0.15) is 24.4 Å². The van der Waals surface area contributed by atoms with Gasteiger partial charge in [0.15, 0.2) is 0 Å². The van der Waals surface area contributed by atoms with E-state index in [1.807, 2.05) is 0 Å². The third kappa shape index (κ3) is 2.88. The van der Waals surface area contributed by atoms with Gasteiger partial charge in [0.05, 0.1) is 0 Å². The molecule has 1 aliphatic rings. The number of hydrogen-bond acceptors (Lipinski definition) is 2. The summed E-state index contributed by atoms with van der Waals surface area (Å²) in [5, 5.41) is 0. The van der Waals surface area contributed by atoms with Gasteiger partial charge in [-0.05, 0) is 41.4 Å². The van der Waals surface area contributed by atoms with E-state index in [0.717, 1.165) is 11.7 Å². The Morgan fingerprint density at radius 1 is 1.42 bits per heavy atom. The van der Waals surface area contributed by atoms with Crippen LogP contribution in [0.3, 0.4) is 0 Å². The van der Waals surface area contributed by atoms with E-state index >= 15 is 0 Å². The van der Waals surface area contributed by atoms with Crippen molar-refractivity contribution in [2.75, 3.05) is 17.3 Å². The van der Waals surface area contributed by atoms with Crippen molar-refractivity contribution in [3.05, 3.63) is 0 Å². The van der Waals surface area contributed by atoms with Crippen LogP contribution in [0.2, 0.25) is 0 Å². The molecule has 0 unspecified atom stereocenters. The molecule has 2 heteroatoms. The largest absolute Gasteiger partial charge is 0.179 e. The van der Waals surface area contributed by atoms with Crippen molar-refractivity contribution in [1.29, 1.82) is 0 Å². The fraction of sp³-hybridized carbons (Fsp3) is 1.00. The van der Waals surface area contributed by atoms with E-state index in [9.17, 15) is 0 Å². The fourth-order valence-corrected chi connectivity index (χ4v) is 3.53. The highest BCUT2D eigenvalue weighted by molar-refractivity contribution is 7.99. The van der Waals surface area contributed by atoms with Crippen LogP contribution >= 0.6 is 24.4 Å². The zero-order chi connectivity index (χ0) is 9.03. The third-order valence-corrected chi connectivity index (χ3v) is 5.00. The molecule has 0 aromatic rings. The minimum absolute atomic E-state index is 0.628. The van der Waals surface area contributed by atoms with Gasteiger partial charge in [0.2, 0.25) is 0 Å². The molecule has 12 heavy (non-hydrogen) atoms. The quantitative estimate of drug-likeness (QED) is 0.669. The molecular weight excluding hydrogens is 184 g/mol. The Morgan fingerprint density at radius 3 is 2.42 bits per heavy atom. The van der Waals surface area contributed by atoms with Gasteiger partial charge in [0.25, 0.3) is 0 Å². The molecule has 0 atom stereocenters. The highest BCUT2D eigenvalue weighted by Gasteiger charge is 2.35. The lowest BCUT2D eigenvalue weighted by atomic mass is 9.72. The zero-order valence-corrected chi connectivity index (χ0v) is 9.89. The van der Waals surface area contributed by atoms with E-state index < -0.39 is 0 Å². The molecule has 1 rings (SSSR count). The Kier molecular flexibility index (Phi) is 4.31.